The first-order valence-corrected chi connectivity index (χ1v) is 7.05. The molecule has 0 aliphatic carbocycles. The zero-order valence-electron chi connectivity index (χ0n) is 11.1. The molecule has 0 spiro atoms. The van der Waals surface area contributed by atoms with E-state index in [0.717, 1.165) is 12.8 Å². The van der Waals surface area contributed by atoms with Crippen LogP contribution in [0, 0.1) is 5.92 Å². The first-order chi connectivity index (χ1) is 9.11. The molecule has 0 bridgehead atoms. The van der Waals surface area contributed by atoms with Gasteiger partial charge in [0.05, 0.1) is 11.6 Å². The number of benzene rings is 1. The number of likely N-dealkylation sites (tertiary alicyclic amines) is 1. The van der Waals surface area contributed by atoms with Gasteiger partial charge in [0.1, 0.15) is 0 Å². The fraction of sp³-hybridized carbons (Fsp3) is 0.467. The predicted molar refractivity (Wildman–Crippen MR) is 75.4 cm³/mol. The maximum absolute atomic E-state index is 12.2. The number of carbonyl (C=O) groups is 2. The summed E-state index contributed by atoms with van der Waals surface area (Å²) < 4.78 is 0. The fourth-order valence-corrected chi connectivity index (χ4v) is 2.80. The summed E-state index contributed by atoms with van der Waals surface area (Å²) in [5.74, 6) is 0.395. The van der Waals surface area contributed by atoms with Gasteiger partial charge >= 0.3 is 0 Å². The molecular formula is C15H18ClNO2. The van der Waals surface area contributed by atoms with Gasteiger partial charge in [0.2, 0.25) is 5.91 Å². The molecule has 1 amide bonds. The molecule has 1 fully saturated rings. The molecule has 0 saturated carbocycles. The van der Waals surface area contributed by atoms with Crippen LogP contribution in [-0.2, 0) is 4.79 Å². The van der Waals surface area contributed by atoms with Crippen molar-refractivity contribution in [2.45, 2.75) is 26.2 Å². The van der Waals surface area contributed by atoms with E-state index in [-0.39, 0.29) is 18.2 Å². The largest absolute Gasteiger partial charge is 0.335 e. The highest BCUT2D eigenvalue weighted by Gasteiger charge is 2.30. The zero-order chi connectivity index (χ0) is 13.8. The Morgan fingerprint density at radius 2 is 2.16 bits per heavy atom. The minimum Gasteiger partial charge on any atom is -0.335 e. The summed E-state index contributed by atoms with van der Waals surface area (Å²) in [4.78, 5) is 25.7. The van der Waals surface area contributed by atoms with Gasteiger partial charge in [0.25, 0.3) is 0 Å². The van der Waals surface area contributed by atoms with Gasteiger partial charge in [-0.2, -0.15) is 0 Å². The van der Waals surface area contributed by atoms with Crippen molar-refractivity contribution in [2.24, 2.45) is 5.92 Å². The smallest absolute Gasteiger partial charge is 0.223 e. The molecule has 4 heteroatoms. The SMILES string of the molecule is CCCC1CC(=O)N(CC(=O)c2ccccc2Cl)C1. The third kappa shape index (κ3) is 3.35. The molecule has 1 atom stereocenters. The van der Waals surface area contributed by atoms with Crippen LogP contribution in [0.3, 0.4) is 0 Å². The van der Waals surface area contributed by atoms with Crippen molar-refractivity contribution in [1.82, 2.24) is 4.90 Å². The molecule has 1 saturated heterocycles. The Labute approximate surface area is 118 Å². The number of rotatable bonds is 5. The van der Waals surface area contributed by atoms with Gasteiger partial charge in [-0.25, -0.2) is 0 Å². The number of hydrogen-bond acceptors (Lipinski definition) is 2. The number of amides is 1. The lowest BCUT2D eigenvalue weighted by Gasteiger charge is -2.16. The number of nitrogens with zero attached hydrogens (tertiary/aromatic N) is 1. The monoisotopic (exact) mass is 279 g/mol. The summed E-state index contributed by atoms with van der Waals surface area (Å²) in [6.07, 6.45) is 2.69. The predicted octanol–water partition coefficient (Wildman–Crippen LogP) is 3.17. The molecule has 0 aromatic heterocycles. The normalized spacial score (nSPS) is 18.9. The van der Waals surface area contributed by atoms with Gasteiger partial charge in [0, 0.05) is 18.5 Å². The minimum atomic E-state index is -0.0869. The van der Waals surface area contributed by atoms with Crippen LogP contribution in [0.4, 0.5) is 0 Å². The summed E-state index contributed by atoms with van der Waals surface area (Å²) in [7, 11) is 0. The van der Waals surface area contributed by atoms with Crippen molar-refractivity contribution >= 4 is 23.3 Å². The molecule has 102 valence electrons. The second kappa shape index (κ2) is 6.20. The Kier molecular flexibility index (Phi) is 4.59. The summed E-state index contributed by atoms with van der Waals surface area (Å²) in [6.45, 7) is 2.95. The second-order valence-corrected chi connectivity index (χ2v) is 5.44. The molecule has 1 aliphatic rings. The molecule has 1 aromatic carbocycles. The number of Topliss-reactive ketones (excluding diaryl/α,β-unsaturated/α-hetero) is 1. The van der Waals surface area contributed by atoms with E-state index in [1.807, 2.05) is 0 Å². The number of hydrogen-bond donors (Lipinski definition) is 0. The summed E-state index contributed by atoms with van der Waals surface area (Å²) in [5, 5.41) is 0.448. The van der Waals surface area contributed by atoms with Gasteiger partial charge in [-0.3, -0.25) is 9.59 Å². The molecule has 3 nitrogen and oxygen atoms in total. The van der Waals surface area contributed by atoms with Crippen LogP contribution in [0.2, 0.25) is 5.02 Å². The second-order valence-electron chi connectivity index (χ2n) is 5.04. The summed E-state index contributed by atoms with van der Waals surface area (Å²) >= 11 is 6.00. The maximum Gasteiger partial charge on any atom is 0.223 e. The van der Waals surface area contributed by atoms with Crippen LogP contribution in [0.5, 0.6) is 0 Å². The Balaban J connectivity index is 2.00. The Bertz CT molecular complexity index is 487. The maximum atomic E-state index is 12.2. The molecule has 0 radical (unpaired) electrons. The molecule has 0 N–H and O–H groups in total. The van der Waals surface area contributed by atoms with Crippen molar-refractivity contribution in [3.63, 3.8) is 0 Å². The highest BCUT2D eigenvalue weighted by Crippen LogP contribution is 2.23. The lowest BCUT2D eigenvalue weighted by Crippen LogP contribution is -2.31. The first-order valence-electron chi connectivity index (χ1n) is 6.67. The highest BCUT2D eigenvalue weighted by atomic mass is 35.5. The van der Waals surface area contributed by atoms with Crippen molar-refractivity contribution in [3.8, 4) is 0 Å². The standard InChI is InChI=1S/C15H18ClNO2/c1-2-5-11-8-15(19)17(9-11)10-14(18)12-6-3-4-7-13(12)16/h3-4,6-7,11H,2,5,8-10H2,1H3. The first kappa shape index (κ1) is 14.1. The molecule has 19 heavy (non-hydrogen) atoms. The average Bonchev–Trinajstić information content (AvgIpc) is 2.70. The topological polar surface area (TPSA) is 37.4 Å². The Hall–Kier alpha value is -1.35. The van der Waals surface area contributed by atoms with E-state index in [9.17, 15) is 9.59 Å². The molecule has 1 unspecified atom stereocenters. The van der Waals surface area contributed by atoms with E-state index in [1.165, 1.54) is 0 Å². The summed E-state index contributed by atoms with van der Waals surface area (Å²) in [5.41, 5.74) is 0.496. The van der Waals surface area contributed by atoms with E-state index in [1.54, 1.807) is 29.2 Å². The van der Waals surface area contributed by atoms with E-state index in [0.29, 0.717) is 29.5 Å². The van der Waals surface area contributed by atoms with Gasteiger partial charge in [-0.05, 0) is 24.5 Å². The fourth-order valence-electron chi connectivity index (χ4n) is 2.55. The van der Waals surface area contributed by atoms with Gasteiger partial charge in [0.15, 0.2) is 5.78 Å². The lowest BCUT2D eigenvalue weighted by atomic mass is 10.0. The van der Waals surface area contributed by atoms with Crippen LogP contribution in [0.25, 0.3) is 0 Å². The third-order valence-corrected chi connectivity index (χ3v) is 3.83. The van der Waals surface area contributed by atoms with E-state index in [4.69, 9.17) is 11.6 Å². The summed E-state index contributed by atoms with van der Waals surface area (Å²) in [6, 6.07) is 6.97. The molecule has 1 aromatic rings. The van der Waals surface area contributed by atoms with Gasteiger partial charge < -0.3 is 4.90 Å². The van der Waals surface area contributed by atoms with Crippen molar-refractivity contribution in [3.05, 3.63) is 34.9 Å². The Morgan fingerprint density at radius 1 is 1.42 bits per heavy atom. The zero-order valence-corrected chi connectivity index (χ0v) is 11.8. The van der Waals surface area contributed by atoms with Gasteiger partial charge in [-0.15, -0.1) is 0 Å². The third-order valence-electron chi connectivity index (χ3n) is 3.50. The van der Waals surface area contributed by atoms with E-state index >= 15 is 0 Å². The van der Waals surface area contributed by atoms with Crippen LogP contribution in [0.15, 0.2) is 24.3 Å². The molecule has 1 heterocycles. The number of carbonyl (C=O) groups excluding carboxylic acids is 2. The minimum absolute atomic E-state index is 0.0823. The molecular weight excluding hydrogens is 262 g/mol. The van der Waals surface area contributed by atoms with E-state index < -0.39 is 0 Å². The van der Waals surface area contributed by atoms with Crippen molar-refractivity contribution in [1.29, 1.82) is 0 Å². The van der Waals surface area contributed by atoms with Crippen molar-refractivity contribution in [2.75, 3.05) is 13.1 Å². The van der Waals surface area contributed by atoms with Crippen LogP contribution >= 0.6 is 11.6 Å². The number of halogens is 1. The quantitative estimate of drug-likeness (QED) is 0.777. The van der Waals surface area contributed by atoms with Gasteiger partial charge in [-0.1, -0.05) is 37.1 Å². The molecule has 1 aliphatic heterocycles. The lowest BCUT2D eigenvalue weighted by molar-refractivity contribution is -0.127. The van der Waals surface area contributed by atoms with E-state index in [2.05, 4.69) is 6.92 Å². The molecule has 2 rings (SSSR count). The van der Waals surface area contributed by atoms with Crippen LogP contribution < -0.4 is 0 Å². The highest BCUT2D eigenvalue weighted by molar-refractivity contribution is 6.34. The Morgan fingerprint density at radius 3 is 2.84 bits per heavy atom. The average molecular weight is 280 g/mol. The van der Waals surface area contributed by atoms with Crippen LogP contribution in [-0.4, -0.2) is 29.7 Å². The van der Waals surface area contributed by atoms with Crippen molar-refractivity contribution < 1.29 is 9.59 Å². The number of ketones is 1. The van der Waals surface area contributed by atoms with Crippen LogP contribution in [0.1, 0.15) is 36.5 Å².